The van der Waals surface area contributed by atoms with Crippen molar-refractivity contribution in [3.8, 4) is 5.75 Å². The minimum Gasteiger partial charge on any atom is -0.497 e. The molecule has 0 unspecified atom stereocenters. The lowest BCUT2D eigenvalue weighted by Crippen LogP contribution is -2.05. The Hall–Kier alpha value is -3.15. The van der Waals surface area contributed by atoms with Gasteiger partial charge in [0.1, 0.15) is 11.6 Å². The number of hydrogen-bond acceptors (Lipinski definition) is 6. The molecule has 0 saturated carbocycles. The SMILES string of the molecule is COc1ccc(Nc2nc(C)nc(Nc3cccc(C)c3)n2)cc1. The predicted molar refractivity (Wildman–Crippen MR) is 95.3 cm³/mol. The summed E-state index contributed by atoms with van der Waals surface area (Å²) in [5.41, 5.74) is 2.99. The first kappa shape index (κ1) is 15.7. The average molecular weight is 321 g/mol. The smallest absolute Gasteiger partial charge is 0.232 e. The summed E-state index contributed by atoms with van der Waals surface area (Å²) in [7, 11) is 1.64. The van der Waals surface area contributed by atoms with Crippen molar-refractivity contribution in [3.63, 3.8) is 0 Å². The van der Waals surface area contributed by atoms with Gasteiger partial charge in [-0.25, -0.2) is 0 Å². The van der Waals surface area contributed by atoms with Crippen LogP contribution in [0.5, 0.6) is 5.75 Å². The Kier molecular flexibility index (Phi) is 4.56. The van der Waals surface area contributed by atoms with E-state index in [1.165, 1.54) is 5.56 Å². The highest BCUT2D eigenvalue weighted by molar-refractivity contribution is 5.58. The van der Waals surface area contributed by atoms with Gasteiger partial charge >= 0.3 is 0 Å². The van der Waals surface area contributed by atoms with Crippen LogP contribution in [0.4, 0.5) is 23.3 Å². The molecule has 3 aromatic rings. The fraction of sp³-hybridized carbons (Fsp3) is 0.167. The van der Waals surface area contributed by atoms with Crippen LogP contribution in [-0.4, -0.2) is 22.1 Å². The van der Waals surface area contributed by atoms with Crippen molar-refractivity contribution >= 4 is 23.3 Å². The molecule has 0 amide bonds. The van der Waals surface area contributed by atoms with Gasteiger partial charge in [0.2, 0.25) is 11.9 Å². The van der Waals surface area contributed by atoms with Gasteiger partial charge in [0.25, 0.3) is 0 Å². The number of aromatic nitrogens is 3. The maximum atomic E-state index is 5.15. The lowest BCUT2D eigenvalue weighted by molar-refractivity contribution is 0.415. The van der Waals surface area contributed by atoms with Crippen molar-refractivity contribution in [2.75, 3.05) is 17.7 Å². The number of nitrogens with zero attached hydrogens (tertiary/aromatic N) is 3. The number of hydrogen-bond donors (Lipinski definition) is 2. The first-order valence-corrected chi connectivity index (χ1v) is 7.60. The van der Waals surface area contributed by atoms with E-state index in [-0.39, 0.29) is 0 Å². The van der Waals surface area contributed by atoms with Crippen LogP contribution in [0.3, 0.4) is 0 Å². The standard InChI is InChI=1S/C18H19N5O/c1-12-5-4-6-15(11-12)22-18-20-13(2)19-17(23-18)21-14-7-9-16(24-3)10-8-14/h4-11H,1-3H3,(H2,19,20,21,22,23). The van der Waals surface area contributed by atoms with E-state index in [4.69, 9.17) is 4.74 Å². The number of rotatable bonds is 5. The number of aryl methyl sites for hydroxylation is 2. The minimum absolute atomic E-state index is 0.489. The monoisotopic (exact) mass is 321 g/mol. The quantitative estimate of drug-likeness (QED) is 0.740. The van der Waals surface area contributed by atoms with E-state index in [9.17, 15) is 0 Å². The summed E-state index contributed by atoms with van der Waals surface area (Å²) in [5, 5.41) is 6.38. The first-order valence-electron chi connectivity index (χ1n) is 7.60. The van der Waals surface area contributed by atoms with E-state index >= 15 is 0 Å². The third-order valence-electron chi connectivity index (χ3n) is 3.37. The predicted octanol–water partition coefficient (Wildman–Crippen LogP) is 3.98. The second-order valence-corrected chi connectivity index (χ2v) is 5.38. The van der Waals surface area contributed by atoms with Crippen molar-refractivity contribution in [1.82, 2.24) is 15.0 Å². The summed E-state index contributed by atoms with van der Waals surface area (Å²) in [6.07, 6.45) is 0. The topological polar surface area (TPSA) is 72.0 Å². The van der Waals surface area contributed by atoms with E-state index < -0.39 is 0 Å². The van der Waals surface area contributed by atoms with Crippen molar-refractivity contribution < 1.29 is 4.74 Å². The molecule has 0 atom stereocenters. The van der Waals surface area contributed by atoms with Gasteiger partial charge in [-0.2, -0.15) is 15.0 Å². The van der Waals surface area contributed by atoms with Crippen LogP contribution in [0.2, 0.25) is 0 Å². The van der Waals surface area contributed by atoms with Crippen LogP contribution >= 0.6 is 0 Å². The molecule has 0 aliphatic carbocycles. The number of methoxy groups -OCH3 is 1. The van der Waals surface area contributed by atoms with Gasteiger partial charge in [-0.3, -0.25) is 0 Å². The Balaban J connectivity index is 1.80. The van der Waals surface area contributed by atoms with Gasteiger partial charge in [0.05, 0.1) is 7.11 Å². The molecule has 2 aromatic carbocycles. The molecule has 3 rings (SSSR count). The Morgan fingerprint density at radius 1 is 0.792 bits per heavy atom. The molecule has 0 aliphatic rings. The zero-order chi connectivity index (χ0) is 16.9. The highest BCUT2D eigenvalue weighted by atomic mass is 16.5. The molecule has 0 aliphatic heterocycles. The molecule has 6 heteroatoms. The molecule has 2 N–H and O–H groups in total. The van der Waals surface area contributed by atoms with E-state index in [2.05, 4.69) is 25.6 Å². The fourth-order valence-corrected chi connectivity index (χ4v) is 2.25. The first-order chi connectivity index (χ1) is 11.6. The third-order valence-corrected chi connectivity index (χ3v) is 3.37. The lowest BCUT2D eigenvalue weighted by atomic mass is 10.2. The summed E-state index contributed by atoms with van der Waals surface area (Å²) in [5.74, 6) is 2.43. The Morgan fingerprint density at radius 3 is 2.08 bits per heavy atom. The van der Waals surface area contributed by atoms with Gasteiger partial charge in [0, 0.05) is 11.4 Å². The van der Waals surface area contributed by atoms with Gasteiger partial charge in [-0.1, -0.05) is 12.1 Å². The average Bonchev–Trinajstić information content (AvgIpc) is 2.55. The van der Waals surface area contributed by atoms with Crippen molar-refractivity contribution in [2.24, 2.45) is 0 Å². The summed E-state index contributed by atoms with van der Waals surface area (Å²) in [6.45, 7) is 3.88. The number of anilines is 4. The van der Waals surface area contributed by atoms with E-state index in [1.807, 2.05) is 62.4 Å². The molecule has 0 fully saturated rings. The molecule has 0 saturated heterocycles. The molecule has 24 heavy (non-hydrogen) atoms. The second-order valence-electron chi connectivity index (χ2n) is 5.38. The number of nitrogens with one attached hydrogen (secondary N) is 2. The van der Waals surface area contributed by atoms with Crippen LogP contribution < -0.4 is 15.4 Å². The maximum absolute atomic E-state index is 5.15. The van der Waals surface area contributed by atoms with E-state index in [1.54, 1.807) is 7.11 Å². The molecule has 1 heterocycles. The minimum atomic E-state index is 0.489. The summed E-state index contributed by atoms with van der Waals surface area (Å²) < 4.78 is 5.15. The molecule has 122 valence electrons. The second kappa shape index (κ2) is 6.95. The van der Waals surface area contributed by atoms with E-state index in [0.717, 1.165) is 17.1 Å². The molecule has 6 nitrogen and oxygen atoms in total. The Bertz CT molecular complexity index is 833. The van der Waals surface area contributed by atoms with Crippen LogP contribution in [0, 0.1) is 13.8 Å². The Labute approximate surface area is 141 Å². The highest BCUT2D eigenvalue weighted by Crippen LogP contribution is 2.20. The van der Waals surface area contributed by atoms with Crippen LogP contribution in [-0.2, 0) is 0 Å². The van der Waals surface area contributed by atoms with Crippen molar-refractivity contribution in [3.05, 3.63) is 59.9 Å². The van der Waals surface area contributed by atoms with Crippen LogP contribution in [0.1, 0.15) is 11.4 Å². The highest BCUT2D eigenvalue weighted by Gasteiger charge is 2.05. The summed E-state index contributed by atoms with van der Waals surface area (Å²) >= 11 is 0. The normalized spacial score (nSPS) is 10.3. The molecule has 0 radical (unpaired) electrons. The van der Waals surface area contributed by atoms with Gasteiger partial charge < -0.3 is 15.4 Å². The van der Waals surface area contributed by atoms with Gasteiger partial charge in [-0.05, 0) is 55.8 Å². The largest absolute Gasteiger partial charge is 0.497 e. The maximum Gasteiger partial charge on any atom is 0.232 e. The summed E-state index contributed by atoms with van der Waals surface area (Å²) in [6, 6.07) is 15.6. The zero-order valence-electron chi connectivity index (χ0n) is 13.9. The lowest BCUT2D eigenvalue weighted by Gasteiger charge is -2.10. The zero-order valence-corrected chi connectivity index (χ0v) is 13.9. The number of ether oxygens (including phenoxy) is 1. The molecular formula is C18H19N5O. The van der Waals surface area contributed by atoms with Gasteiger partial charge in [-0.15, -0.1) is 0 Å². The molecule has 0 spiro atoms. The van der Waals surface area contributed by atoms with Crippen LogP contribution in [0.15, 0.2) is 48.5 Å². The number of benzene rings is 2. The fourth-order valence-electron chi connectivity index (χ4n) is 2.25. The summed E-state index contributed by atoms with van der Waals surface area (Å²) in [4.78, 5) is 13.1. The molecule has 0 bridgehead atoms. The molecular weight excluding hydrogens is 302 g/mol. The Morgan fingerprint density at radius 2 is 1.46 bits per heavy atom. The van der Waals surface area contributed by atoms with Crippen molar-refractivity contribution in [2.45, 2.75) is 13.8 Å². The van der Waals surface area contributed by atoms with Crippen LogP contribution in [0.25, 0.3) is 0 Å². The third kappa shape index (κ3) is 3.98. The van der Waals surface area contributed by atoms with E-state index in [0.29, 0.717) is 17.7 Å². The molecule has 1 aromatic heterocycles. The van der Waals surface area contributed by atoms with Gasteiger partial charge in [0.15, 0.2) is 0 Å². The van der Waals surface area contributed by atoms with Crippen molar-refractivity contribution in [1.29, 1.82) is 0 Å².